The number of aromatic nitrogens is 3. The summed E-state index contributed by atoms with van der Waals surface area (Å²) in [5.41, 5.74) is 2.10. The monoisotopic (exact) mass is 328 g/mol. The Labute approximate surface area is 140 Å². The van der Waals surface area contributed by atoms with E-state index in [1.54, 1.807) is 0 Å². The molecule has 0 unspecified atom stereocenters. The average molecular weight is 328 g/mol. The van der Waals surface area contributed by atoms with Crippen LogP contribution < -0.4 is 5.56 Å². The Bertz CT molecular complexity index is 865. The maximum atomic E-state index is 12.8. The largest absolute Gasteiger partial charge is 0.330 e. The van der Waals surface area contributed by atoms with Crippen molar-refractivity contribution in [2.45, 2.75) is 70.9 Å². The molecule has 4 rings (SSSR count). The van der Waals surface area contributed by atoms with Crippen LogP contribution in [0.2, 0.25) is 0 Å². The molecule has 128 valence electrons. The zero-order valence-electron chi connectivity index (χ0n) is 14.6. The van der Waals surface area contributed by atoms with E-state index in [-0.39, 0.29) is 22.9 Å². The molecule has 2 aliphatic rings. The molecule has 6 heteroatoms. The third kappa shape index (κ3) is 2.27. The first-order chi connectivity index (χ1) is 11.4. The molecule has 1 aliphatic heterocycles. The minimum atomic E-state index is -0.142. The Balaban J connectivity index is 1.77. The Morgan fingerprint density at radius 1 is 1.17 bits per heavy atom. The molecule has 2 aromatic rings. The summed E-state index contributed by atoms with van der Waals surface area (Å²) in [5, 5.41) is 3.15. The summed E-state index contributed by atoms with van der Waals surface area (Å²) in [6, 6.07) is 2.13. The highest BCUT2D eigenvalue weighted by Gasteiger charge is 2.37. The first kappa shape index (κ1) is 15.4. The maximum Gasteiger partial charge on any atom is 0.278 e. The Kier molecular flexibility index (Phi) is 3.34. The molecule has 6 nitrogen and oxygen atoms in total. The second kappa shape index (κ2) is 5.19. The van der Waals surface area contributed by atoms with Gasteiger partial charge in [0.05, 0.1) is 12.1 Å². The molecule has 24 heavy (non-hydrogen) atoms. The first-order valence-electron chi connectivity index (χ1n) is 8.82. The highest BCUT2D eigenvalue weighted by atomic mass is 16.2. The van der Waals surface area contributed by atoms with E-state index in [4.69, 9.17) is 0 Å². The van der Waals surface area contributed by atoms with Crippen LogP contribution in [0, 0.1) is 0 Å². The van der Waals surface area contributed by atoms with Crippen LogP contribution in [-0.2, 0) is 12.0 Å². The molecule has 1 aliphatic carbocycles. The minimum absolute atomic E-state index is 0.0741. The first-order valence-corrected chi connectivity index (χ1v) is 8.82. The lowest BCUT2D eigenvalue weighted by Gasteiger charge is -2.30. The van der Waals surface area contributed by atoms with E-state index in [1.807, 2.05) is 11.0 Å². The van der Waals surface area contributed by atoms with E-state index in [9.17, 15) is 9.59 Å². The summed E-state index contributed by atoms with van der Waals surface area (Å²) in [6.45, 7) is 6.63. The van der Waals surface area contributed by atoms with Crippen LogP contribution in [0.3, 0.4) is 0 Å². The smallest absolute Gasteiger partial charge is 0.278 e. The number of rotatable bonds is 1. The van der Waals surface area contributed by atoms with E-state index in [0.29, 0.717) is 23.4 Å². The predicted molar refractivity (Wildman–Crippen MR) is 91.3 cm³/mol. The minimum Gasteiger partial charge on any atom is -0.330 e. The molecule has 1 N–H and O–H groups in total. The van der Waals surface area contributed by atoms with Crippen molar-refractivity contribution in [2.24, 2.45) is 0 Å². The van der Waals surface area contributed by atoms with Crippen molar-refractivity contribution in [1.82, 2.24) is 19.5 Å². The van der Waals surface area contributed by atoms with Gasteiger partial charge < -0.3 is 4.90 Å². The summed E-state index contributed by atoms with van der Waals surface area (Å²) < 4.78 is 1.48. The van der Waals surface area contributed by atoms with Gasteiger partial charge in [-0.1, -0.05) is 40.0 Å². The van der Waals surface area contributed by atoms with Gasteiger partial charge in [-0.05, 0) is 12.8 Å². The van der Waals surface area contributed by atoms with Crippen molar-refractivity contribution in [2.75, 3.05) is 0 Å². The number of nitrogens with zero attached hydrogens (tertiary/aromatic N) is 3. The Morgan fingerprint density at radius 2 is 1.88 bits per heavy atom. The molecule has 2 aromatic heterocycles. The number of hydrogen-bond donors (Lipinski definition) is 1. The lowest BCUT2D eigenvalue weighted by molar-refractivity contribution is 0.0656. The second-order valence-electron chi connectivity index (χ2n) is 8.08. The van der Waals surface area contributed by atoms with Gasteiger partial charge in [0.2, 0.25) is 0 Å². The predicted octanol–water partition coefficient (Wildman–Crippen LogP) is 2.61. The van der Waals surface area contributed by atoms with Crippen molar-refractivity contribution in [3.05, 3.63) is 33.4 Å². The average Bonchev–Trinajstić information content (AvgIpc) is 3.11. The van der Waals surface area contributed by atoms with Crippen molar-refractivity contribution in [3.8, 4) is 0 Å². The van der Waals surface area contributed by atoms with Gasteiger partial charge in [0.1, 0.15) is 5.69 Å². The van der Waals surface area contributed by atoms with Crippen molar-refractivity contribution in [1.29, 1.82) is 0 Å². The van der Waals surface area contributed by atoms with E-state index >= 15 is 0 Å². The normalized spacial score (nSPS) is 19.3. The number of amides is 1. The molecule has 0 saturated heterocycles. The second-order valence-corrected chi connectivity index (χ2v) is 8.08. The van der Waals surface area contributed by atoms with E-state index < -0.39 is 0 Å². The fourth-order valence-electron chi connectivity index (χ4n) is 3.83. The van der Waals surface area contributed by atoms with E-state index in [1.165, 1.54) is 10.9 Å². The van der Waals surface area contributed by atoms with Crippen molar-refractivity contribution < 1.29 is 4.79 Å². The summed E-state index contributed by atoms with van der Waals surface area (Å²) in [5.74, 6) is -0.0741. The maximum absolute atomic E-state index is 12.8. The third-order valence-electron chi connectivity index (χ3n) is 5.32. The van der Waals surface area contributed by atoms with Crippen LogP contribution in [0.1, 0.15) is 74.6 Å². The van der Waals surface area contributed by atoms with Gasteiger partial charge in [0.25, 0.3) is 11.5 Å². The molecule has 1 amide bonds. The van der Waals surface area contributed by atoms with Crippen LogP contribution in [0.5, 0.6) is 0 Å². The van der Waals surface area contributed by atoms with Crippen LogP contribution in [0.25, 0.3) is 5.65 Å². The summed E-state index contributed by atoms with van der Waals surface area (Å²) in [4.78, 5) is 32.0. The van der Waals surface area contributed by atoms with Crippen LogP contribution in [0.15, 0.2) is 10.9 Å². The molecule has 0 bridgehead atoms. The SMILES string of the molecule is CC(C)(C)c1cc2nc3c(c(=O)n2[nH]1)CN(C1CCCCC1)C3=O. The van der Waals surface area contributed by atoms with Crippen LogP contribution in [-0.4, -0.2) is 31.4 Å². The number of fused-ring (bicyclic) bond motifs is 2. The number of carbonyl (C=O) groups is 1. The molecule has 0 atom stereocenters. The lowest BCUT2D eigenvalue weighted by Crippen LogP contribution is -2.37. The molecular weight excluding hydrogens is 304 g/mol. The zero-order valence-corrected chi connectivity index (χ0v) is 14.6. The Hall–Kier alpha value is -2.11. The van der Waals surface area contributed by atoms with Gasteiger partial charge >= 0.3 is 0 Å². The lowest BCUT2D eigenvalue weighted by atomic mass is 9.93. The molecule has 0 radical (unpaired) electrons. The number of nitrogens with one attached hydrogen (secondary N) is 1. The highest BCUT2D eigenvalue weighted by Crippen LogP contribution is 2.29. The third-order valence-corrected chi connectivity index (χ3v) is 5.32. The highest BCUT2D eigenvalue weighted by molar-refractivity contribution is 5.97. The fourth-order valence-corrected chi connectivity index (χ4v) is 3.83. The standard InChI is InChI=1S/C18H24N4O2/c1-18(2,3)13-9-14-19-15-12(16(23)22(14)20-13)10-21(17(15)24)11-7-5-4-6-8-11/h9,11,20H,4-8,10H2,1-3H3. The summed E-state index contributed by atoms with van der Waals surface area (Å²) >= 11 is 0. The van der Waals surface area contributed by atoms with E-state index in [0.717, 1.165) is 31.4 Å². The zero-order chi connectivity index (χ0) is 17.1. The summed E-state index contributed by atoms with van der Waals surface area (Å²) in [6.07, 6.45) is 5.63. The molecule has 0 aromatic carbocycles. The number of aromatic amines is 1. The van der Waals surface area contributed by atoms with Gasteiger partial charge in [-0.2, -0.15) is 0 Å². The number of hydrogen-bond acceptors (Lipinski definition) is 3. The van der Waals surface area contributed by atoms with Gasteiger partial charge in [-0.25, -0.2) is 9.50 Å². The van der Waals surface area contributed by atoms with Crippen molar-refractivity contribution >= 4 is 11.6 Å². The van der Waals surface area contributed by atoms with Gasteiger partial charge in [-0.3, -0.25) is 14.7 Å². The molecule has 1 fully saturated rings. The number of H-pyrrole nitrogens is 1. The quantitative estimate of drug-likeness (QED) is 0.875. The van der Waals surface area contributed by atoms with Gasteiger partial charge in [0.15, 0.2) is 5.65 Å². The van der Waals surface area contributed by atoms with Crippen molar-refractivity contribution in [3.63, 3.8) is 0 Å². The molecule has 1 saturated carbocycles. The van der Waals surface area contributed by atoms with Crippen LogP contribution in [0.4, 0.5) is 0 Å². The molecule has 3 heterocycles. The topological polar surface area (TPSA) is 70.5 Å². The molecular formula is C18H24N4O2. The fraction of sp³-hybridized carbons (Fsp3) is 0.611. The summed E-state index contributed by atoms with van der Waals surface area (Å²) in [7, 11) is 0. The number of carbonyl (C=O) groups excluding carboxylic acids is 1. The van der Waals surface area contributed by atoms with Gasteiger partial charge in [-0.15, -0.1) is 0 Å². The van der Waals surface area contributed by atoms with E-state index in [2.05, 4.69) is 30.9 Å². The Morgan fingerprint density at radius 3 is 2.54 bits per heavy atom. The van der Waals surface area contributed by atoms with Crippen LogP contribution >= 0.6 is 0 Å². The van der Waals surface area contributed by atoms with Gasteiger partial charge in [0, 0.05) is 23.2 Å². The molecule has 0 spiro atoms.